The Morgan fingerprint density at radius 2 is 1.03 bits per heavy atom. The van der Waals surface area contributed by atoms with Crippen LogP contribution < -0.4 is 15.1 Å². The Morgan fingerprint density at radius 1 is 0.602 bits per heavy atom. The molecule has 6 atom stereocenters. The fourth-order valence-electron chi connectivity index (χ4n) is 13.2. The maximum absolute atomic E-state index is 13.6. The van der Waals surface area contributed by atoms with Crippen molar-refractivity contribution in [1.29, 1.82) is 0 Å². The molecule has 0 spiro atoms. The van der Waals surface area contributed by atoms with E-state index in [4.69, 9.17) is 98.0 Å². The number of fused-ring (bicyclic) bond motifs is 4. The number of aryl methyl sites for hydroxylation is 2. The summed E-state index contributed by atoms with van der Waals surface area (Å²) < 4.78 is 75.3. The molecule has 4 saturated carbocycles. The number of piperidine rings is 2. The highest BCUT2D eigenvalue weighted by molar-refractivity contribution is 7.53. The Labute approximate surface area is 589 Å². The van der Waals surface area contributed by atoms with Crippen LogP contribution in [-0.2, 0) is 64.7 Å². The van der Waals surface area contributed by atoms with Gasteiger partial charge < -0.3 is 57.6 Å². The fourth-order valence-corrected chi connectivity index (χ4v) is 15.8. The number of rotatable bonds is 26. The number of nitrogens with zero attached hydrogens (tertiary/aromatic N) is 4. The molecule has 98 heavy (non-hydrogen) atoms. The molecule has 2 aromatic heterocycles. The molecule has 2 saturated heterocycles. The Kier molecular flexibility index (Phi) is 22.8. The molecule has 28 heteroatoms. The number of esters is 3. The Balaban J connectivity index is 0.000000209. The van der Waals surface area contributed by atoms with Crippen molar-refractivity contribution in [3.8, 4) is 22.5 Å². The van der Waals surface area contributed by atoms with Crippen molar-refractivity contribution in [3.05, 3.63) is 138 Å². The van der Waals surface area contributed by atoms with Gasteiger partial charge in [-0.25, -0.2) is 4.79 Å². The van der Waals surface area contributed by atoms with Gasteiger partial charge in [-0.1, -0.05) is 68.8 Å². The number of carbonyl (C=O) groups is 4. The highest BCUT2D eigenvalue weighted by Gasteiger charge is 2.48. The number of hydrogen-bond donors (Lipinski definition) is 3. The van der Waals surface area contributed by atoms with E-state index in [1.807, 2.05) is 44.2 Å². The summed E-state index contributed by atoms with van der Waals surface area (Å²) in [5.74, 6) is 1.05. The van der Waals surface area contributed by atoms with Crippen molar-refractivity contribution in [3.63, 3.8) is 0 Å². The summed E-state index contributed by atoms with van der Waals surface area (Å²) in [4.78, 5) is 72.7. The van der Waals surface area contributed by atoms with Crippen LogP contribution in [0.2, 0.25) is 20.1 Å². The van der Waals surface area contributed by atoms with Crippen LogP contribution in [0.5, 0.6) is 0 Å². The van der Waals surface area contributed by atoms with Crippen LogP contribution in [0, 0.1) is 36.5 Å². The van der Waals surface area contributed by atoms with Gasteiger partial charge in [0.25, 0.3) is 5.91 Å². The third-order valence-electron chi connectivity index (χ3n) is 18.7. The third-order valence-corrected chi connectivity index (χ3v) is 22.5. The molecule has 3 N–H and O–H groups in total. The number of ether oxygens (including phenoxy) is 5. The van der Waals surface area contributed by atoms with E-state index in [-0.39, 0.29) is 37.4 Å². The van der Waals surface area contributed by atoms with Crippen LogP contribution in [0.25, 0.3) is 22.5 Å². The summed E-state index contributed by atoms with van der Waals surface area (Å²) in [5.41, 5.74) is 7.69. The first-order chi connectivity index (χ1) is 46.4. The quantitative estimate of drug-likeness (QED) is 0.0197. The molecule has 0 radical (unpaired) electrons. The minimum atomic E-state index is -4.21. The van der Waals surface area contributed by atoms with Crippen LogP contribution in [0.4, 0.5) is 11.4 Å². The van der Waals surface area contributed by atoms with Crippen LogP contribution >= 0.6 is 61.6 Å². The van der Waals surface area contributed by atoms with E-state index in [0.29, 0.717) is 103 Å². The number of amides is 1. The van der Waals surface area contributed by atoms with Gasteiger partial charge in [0.05, 0.1) is 74.2 Å². The van der Waals surface area contributed by atoms with Crippen LogP contribution in [-0.4, -0.2) is 120 Å². The molecule has 1 amide bonds. The lowest BCUT2D eigenvalue weighted by Gasteiger charge is -2.34. The summed E-state index contributed by atoms with van der Waals surface area (Å²) in [6.07, 6.45) is 7.48. The maximum Gasteiger partial charge on any atom is 0.338 e. The zero-order valence-electron chi connectivity index (χ0n) is 56.0. The minimum Gasteiger partial charge on any atom is -0.461 e. The fraction of sp³-hybridized carbons (Fsp3) is 0.514. The number of aromatic nitrogens is 2. The van der Waals surface area contributed by atoms with Gasteiger partial charge in [0.2, 0.25) is 13.6 Å². The summed E-state index contributed by atoms with van der Waals surface area (Å²) in [5, 5.41) is 13.6. The summed E-state index contributed by atoms with van der Waals surface area (Å²) >= 11 is 26.1. The third kappa shape index (κ3) is 17.5. The molecule has 0 unspecified atom stereocenters. The largest absolute Gasteiger partial charge is 0.461 e. The highest BCUT2D eigenvalue weighted by Crippen LogP contribution is 2.52. The lowest BCUT2D eigenvalue weighted by Crippen LogP contribution is -2.39. The van der Waals surface area contributed by atoms with Gasteiger partial charge in [-0.3, -0.25) is 32.6 Å². The predicted octanol–water partition coefficient (Wildman–Crippen LogP) is 15.4. The van der Waals surface area contributed by atoms with Crippen molar-refractivity contribution in [2.24, 2.45) is 22.7 Å². The summed E-state index contributed by atoms with van der Waals surface area (Å²) in [6.45, 7) is 14.7. The van der Waals surface area contributed by atoms with Crippen molar-refractivity contribution >= 4 is 96.8 Å². The topological polar surface area (TPSA) is 278 Å². The normalized spacial score (nSPS) is 20.6. The molecule has 4 bridgehead atoms. The maximum atomic E-state index is 13.6. The number of halogens is 4. The van der Waals surface area contributed by atoms with Gasteiger partial charge in [0, 0.05) is 94.6 Å². The molecule has 4 aliphatic carbocycles. The van der Waals surface area contributed by atoms with Gasteiger partial charge in [-0.2, -0.15) is 0 Å². The molecular weight excluding hydrogens is 1390 g/mol. The molecule has 6 aliphatic rings. The Hall–Kier alpha value is -5.84. The first kappa shape index (κ1) is 73.4. The van der Waals surface area contributed by atoms with E-state index in [0.717, 1.165) is 110 Å². The molecule has 4 heterocycles. The molecule has 6 fully saturated rings. The molecule has 2 aliphatic heterocycles. The molecule has 12 rings (SSSR count). The molecule has 4 aromatic carbocycles. The van der Waals surface area contributed by atoms with Gasteiger partial charge in [-0.15, -0.1) is 0 Å². The second-order valence-electron chi connectivity index (χ2n) is 28.2. The number of nitrogens with one attached hydrogen (secondary N) is 1. The first-order valence-corrected chi connectivity index (χ1v) is 38.0. The monoisotopic (exact) mass is 1470 g/mol. The highest BCUT2D eigenvalue weighted by atomic mass is 35.5. The van der Waals surface area contributed by atoms with Crippen molar-refractivity contribution < 1.29 is 79.9 Å². The second-order valence-corrected chi connectivity index (χ2v) is 33.8. The van der Waals surface area contributed by atoms with Gasteiger partial charge in [0.15, 0.2) is 0 Å². The SMILES string of the molecule is Cc1cc(C(=O)NCCP(=O)(OCOC(=O)C(C)(C)C)OCOC(=O)C(C)(C)C)ccc1N1C[C@@H]2C[C@H]1C[C@H]2OCc1c(-c2c(Cl)cccc2Cl)noc1C1CC1.Cc1cc(C(=O)OCCP(=O)(O)O)ccc1N1C[C@@H]2C[C@H]1C[C@H]2OCc1c(-c2c(Cl)cccc2Cl)noc1C1CC1. The molecule has 22 nitrogen and oxygen atoms in total. The van der Waals surface area contributed by atoms with E-state index in [1.165, 1.54) is 0 Å². The van der Waals surface area contributed by atoms with Crippen LogP contribution in [0.3, 0.4) is 0 Å². The Bertz CT molecular complexity index is 3970. The van der Waals surface area contributed by atoms with Crippen molar-refractivity contribution in [2.45, 2.75) is 156 Å². The van der Waals surface area contributed by atoms with Gasteiger partial charge >= 0.3 is 33.1 Å². The summed E-state index contributed by atoms with van der Waals surface area (Å²) in [6, 6.07) is 22.4. The lowest BCUT2D eigenvalue weighted by atomic mass is 9.98. The predicted molar refractivity (Wildman–Crippen MR) is 370 cm³/mol. The van der Waals surface area contributed by atoms with E-state index in [2.05, 4.69) is 25.4 Å². The number of hydrogen-bond acceptors (Lipinski definition) is 19. The smallest absolute Gasteiger partial charge is 0.338 e. The zero-order chi connectivity index (χ0) is 70.2. The van der Waals surface area contributed by atoms with E-state index in [1.54, 1.807) is 84.0 Å². The van der Waals surface area contributed by atoms with Crippen LogP contribution in [0.15, 0.2) is 81.8 Å². The van der Waals surface area contributed by atoms with Crippen molar-refractivity contribution in [2.75, 3.05) is 62.0 Å². The molecular formula is C70H83Cl4N5O17P2. The summed E-state index contributed by atoms with van der Waals surface area (Å²) in [7, 11) is -8.19. The average Bonchev–Trinajstić information content (AvgIpc) is 1.62. The number of carbonyl (C=O) groups excluding carboxylic acids is 4. The standard InChI is InChI=1S/C41H52Cl2N3O10P.C29H31Cl2N2O7P/c1-24-17-26(37(47)44-15-16-57(50,54-22-52-38(48)40(2,3)4)55-23-53-39(49)41(5,6)7)13-14-32(24)46-20-27-18-28(46)19-33(27)51-21-29-35(45-56-36(29)25-11-12-25)34-30(42)9-8-10-31(34)43;1-16-11-18(29(34)38-9-10-41(35,36)37)7-8-24(16)33-14-19-12-20(33)13-25(19)39-15-21-27(32-40-28(21)17-5-6-17)26-22(30)3-2-4-23(26)31/h8-10,13-14,17,25,27-28,33H,11-12,15-16,18-23H2,1-7H3,(H,44,47);2-4,7-8,11,17,19-20,25H,5-6,9-10,12-15H2,1H3,(H2,35,36,37)/t27-,28-,33+;19-,20-,25+/m00/s1. The van der Waals surface area contributed by atoms with Crippen molar-refractivity contribution in [1.82, 2.24) is 15.6 Å². The lowest BCUT2D eigenvalue weighted by molar-refractivity contribution is -0.162. The minimum absolute atomic E-state index is 0.0770. The molecule has 528 valence electrons. The number of benzene rings is 4. The number of anilines is 2. The van der Waals surface area contributed by atoms with Gasteiger partial charge in [0.1, 0.15) is 29.5 Å². The Morgan fingerprint density at radius 3 is 1.42 bits per heavy atom. The zero-order valence-corrected chi connectivity index (χ0v) is 60.8. The molecule has 6 aromatic rings. The average molecular weight is 1470 g/mol. The van der Waals surface area contributed by atoms with E-state index >= 15 is 0 Å². The first-order valence-electron chi connectivity index (χ1n) is 33.0. The van der Waals surface area contributed by atoms with E-state index < -0.39 is 63.7 Å². The second kappa shape index (κ2) is 30.4. The van der Waals surface area contributed by atoms with E-state index in [9.17, 15) is 28.3 Å². The van der Waals surface area contributed by atoms with Gasteiger partial charge in [-0.05, 0) is 179 Å². The van der Waals surface area contributed by atoms with Crippen LogP contribution in [0.1, 0.15) is 159 Å².